The number of H-pyrrole nitrogens is 1. The summed E-state index contributed by atoms with van der Waals surface area (Å²) >= 11 is 5.26. The third kappa shape index (κ3) is 4.13. The normalized spacial score (nSPS) is 16.4. The zero-order chi connectivity index (χ0) is 20.2. The molecule has 1 aliphatic rings. The van der Waals surface area contributed by atoms with Crippen molar-refractivity contribution in [3.8, 4) is 11.5 Å². The van der Waals surface area contributed by atoms with Crippen LogP contribution >= 0.6 is 12.2 Å². The number of benzene rings is 1. The van der Waals surface area contributed by atoms with Gasteiger partial charge in [0.15, 0.2) is 17.3 Å². The molecule has 1 atom stereocenters. The fraction of sp³-hybridized carbons (Fsp3) is 0.263. The van der Waals surface area contributed by atoms with Gasteiger partial charge < -0.3 is 18.6 Å². The van der Waals surface area contributed by atoms with Gasteiger partial charge in [-0.05, 0) is 61.0 Å². The summed E-state index contributed by atoms with van der Waals surface area (Å²) in [5, 5.41) is 11.4. The number of furan rings is 1. The van der Waals surface area contributed by atoms with Crippen LogP contribution in [-0.2, 0) is 4.74 Å². The fourth-order valence-electron chi connectivity index (χ4n) is 2.92. The van der Waals surface area contributed by atoms with Gasteiger partial charge in [0.2, 0.25) is 10.5 Å². The predicted molar refractivity (Wildman–Crippen MR) is 105 cm³/mol. The van der Waals surface area contributed by atoms with Crippen LogP contribution < -0.4 is 9.47 Å². The fourth-order valence-corrected chi connectivity index (χ4v) is 3.11. The molecule has 0 unspecified atom stereocenters. The number of carbonyl (C=O) groups excluding carboxylic acids is 1. The Kier molecular flexibility index (Phi) is 5.54. The van der Waals surface area contributed by atoms with Crippen LogP contribution in [0.1, 0.15) is 40.9 Å². The minimum atomic E-state index is -0.611. The van der Waals surface area contributed by atoms with Gasteiger partial charge in [-0.15, -0.1) is 0 Å². The molecule has 0 aliphatic carbocycles. The maximum absolute atomic E-state index is 12.1. The number of hydrogen-bond donors (Lipinski definition) is 1. The van der Waals surface area contributed by atoms with Gasteiger partial charge >= 0.3 is 5.97 Å². The molecule has 0 radical (unpaired) electrons. The van der Waals surface area contributed by atoms with Crippen molar-refractivity contribution in [2.24, 2.45) is 5.10 Å². The van der Waals surface area contributed by atoms with E-state index >= 15 is 0 Å². The Bertz CT molecular complexity index is 1080. The SMILES string of the molecule is COc1cc(/C=N\n2c([C@@H]3CCCO3)n[nH]c2=S)ccc1OC(=O)c1ccco1. The summed E-state index contributed by atoms with van der Waals surface area (Å²) in [4.78, 5) is 12.1. The molecule has 9 nitrogen and oxygen atoms in total. The molecule has 0 amide bonds. The van der Waals surface area contributed by atoms with Crippen LogP contribution in [0.2, 0.25) is 0 Å². The van der Waals surface area contributed by atoms with Crippen molar-refractivity contribution < 1.29 is 23.4 Å². The van der Waals surface area contributed by atoms with Gasteiger partial charge in [0.05, 0.1) is 19.6 Å². The number of aromatic nitrogens is 3. The Labute approximate surface area is 170 Å². The molecule has 29 heavy (non-hydrogen) atoms. The Balaban J connectivity index is 1.55. The Morgan fingerprint density at radius 3 is 3.03 bits per heavy atom. The molecule has 0 saturated carbocycles. The summed E-state index contributed by atoms with van der Waals surface area (Å²) in [7, 11) is 1.49. The van der Waals surface area contributed by atoms with Gasteiger partial charge in [-0.25, -0.2) is 4.79 Å². The van der Waals surface area contributed by atoms with E-state index in [1.54, 1.807) is 35.2 Å². The number of methoxy groups -OCH3 is 1. The zero-order valence-electron chi connectivity index (χ0n) is 15.5. The second-order valence-electron chi connectivity index (χ2n) is 6.22. The van der Waals surface area contributed by atoms with Crippen LogP contribution in [0.4, 0.5) is 0 Å². The molecule has 1 N–H and O–H groups in total. The molecular weight excluding hydrogens is 396 g/mol. The average molecular weight is 414 g/mol. The molecule has 3 aromatic rings. The highest BCUT2D eigenvalue weighted by atomic mass is 32.1. The largest absolute Gasteiger partial charge is 0.493 e. The van der Waals surface area contributed by atoms with E-state index in [1.165, 1.54) is 19.4 Å². The van der Waals surface area contributed by atoms with E-state index in [2.05, 4.69) is 15.3 Å². The molecule has 10 heteroatoms. The summed E-state index contributed by atoms with van der Waals surface area (Å²) < 4.78 is 23.3. The summed E-state index contributed by atoms with van der Waals surface area (Å²) in [5.41, 5.74) is 0.723. The Morgan fingerprint density at radius 2 is 2.31 bits per heavy atom. The second-order valence-corrected chi connectivity index (χ2v) is 6.61. The topological polar surface area (TPSA) is 104 Å². The molecule has 2 aromatic heterocycles. The lowest BCUT2D eigenvalue weighted by Gasteiger charge is -2.09. The van der Waals surface area contributed by atoms with E-state index in [1.807, 2.05) is 0 Å². The Morgan fingerprint density at radius 1 is 1.41 bits per heavy atom. The van der Waals surface area contributed by atoms with Gasteiger partial charge in [0.25, 0.3) is 0 Å². The van der Waals surface area contributed by atoms with Gasteiger partial charge in [0.1, 0.15) is 6.10 Å². The van der Waals surface area contributed by atoms with E-state index in [0.29, 0.717) is 23.0 Å². The van der Waals surface area contributed by atoms with Crippen molar-refractivity contribution in [2.75, 3.05) is 13.7 Å². The number of esters is 1. The summed E-state index contributed by atoms with van der Waals surface area (Å²) in [6, 6.07) is 8.20. The minimum Gasteiger partial charge on any atom is -0.493 e. The maximum Gasteiger partial charge on any atom is 0.379 e. The number of ether oxygens (including phenoxy) is 3. The van der Waals surface area contributed by atoms with Gasteiger partial charge in [-0.2, -0.15) is 14.9 Å². The first-order valence-corrected chi connectivity index (χ1v) is 9.33. The first-order chi connectivity index (χ1) is 14.2. The van der Waals surface area contributed by atoms with E-state index in [4.69, 9.17) is 30.8 Å². The summed E-state index contributed by atoms with van der Waals surface area (Å²) in [5.74, 6) is 0.782. The van der Waals surface area contributed by atoms with Gasteiger partial charge in [-0.1, -0.05) is 0 Å². The number of nitrogens with one attached hydrogen (secondary N) is 1. The van der Waals surface area contributed by atoms with Crippen LogP contribution in [-0.4, -0.2) is 40.8 Å². The van der Waals surface area contributed by atoms with Crippen molar-refractivity contribution in [3.05, 3.63) is 58.5 Å². The van der Waals surface area contributed by atoms with Crippen molar-refractivity contribution in [1.82, 2.24) is 14.9 Å². The van der Waals surface area contributed by atoms with E-state index in [-0.39, 0.29) is 17.6 Å². The predicted octanol–water partition coefficient (Wildman–Crippen LogP) is 3.50. The van der Waals surface area contributed by atoms with Crippen molar-refractivity contribution >= 4 is 24.4 Å². The molecule has 4 rings (SSSR count). The maximum atomic E-state index is 12.1. The second kappa shape index (κ2) is 8.41. The first kappa shape index (κ1) is 19.1. The lowest BCUT2D eigenvalue weighted by Crippen LogP contribution is -2.08. The van der Waals surface area contributed by atoms with E-state index in [0.717, 1.165) is 18.4 Å². The van der Waals surface area contributed by atoms with Gasteiger partial charge in [-0.3, -0.25) is 5.10 Å². The highest BCUT2D eigenvalue weighted by molar-refractivity contribution is 7.71. The molecule has 0 bridgehead atoms. The highest BCUT2D eigenvalue weighted by Gasteiger charge is 2.23. The molecule has 3 heterocycles. The van der Waals surface area contributed by atoms with Gasteiger partial charge in [0, 0.05) is 6.61 Å². The van der Waals surface area contributed by atoms with Crippen LogP contribution in [0.15, 0.2) is 46.1 Å². The van der Waals surface area contributed by atoms with Crippen LogP contribution in [0, 0.1) is 4.77 Å². The monoisotopic (exact) mass is 414 g/mol. The Hall–Kier alpha value is -3.24. The third-order valence-electron chi connectivity index (χ3n) is 4.33. The first-order valence-electron chi connectivity index (χ1n) is 8.92. The van der Waals surface area contributed by atoms with E-state index < -0.39 is 5.97 Å². The summed E-state index contributed by atoms with van der Waals surface area (Å²) in [6.45, 7) is 0.698. The minimum absolute atomic E-state index is 0.105. The van der Waals surface area contributed by atoms with E-state index in [9.17, 15) is 4.79 Å². The summed E-state index contributed by atoms with van der Waals surface area (Å²) in [6.07, 6.45) is 4.74. The lowest BCUT2D eigenvalue weighted by atomic mass is 10.2. The van der Waals surface area contributed by atoms with Crippen LogP contribution in [0.25, 0.3) is 0 Å². The lowest BCUT2D eigenvalue weighted by molar-refractivity contribution is 0.0696. The number of nitrogens with zero attached hydrogens (tertiary/aromatic N) is 3. The molecular formula is C19H18N4O5S. The highest BCUT2D eigenvalue weighted by Crippen LogP contribution is 2.29. The molecule has 1 aromatic carbocycles. The number of rotatable bonds is 6. The zero-order valence-corrected chi connectivity index (χ0v) is 16.3. The smallest absolute Gasteiger partial charge is 0.379 e. The van der Waals surface area contributed by atoms with Crippen molar-refractivity contribution in [3.63, 3.8) is 0 Å². The molecule has 1 aliphatic heterocycles. The number of carbonyl (C=O) groups is 1. The third-order valence-corrected chi connectivity index (χ3v) is 4.59. The molecule has 1 saturated heterocycles. The quantitative estimate of drug-likeness (QED) is 0.285. The molecule has 1 fully saturated rings. The van der Waals surface area contributed by atoms with Crippen molar-refractivity contribution in [2.45, 2.75) is 18.9 Å². The van der Waals surface area contributed by atoms with Crippen LogP contribution in [0.5, 0.6) is 11.5 Å². The van der Waals surface area contributed by atoms with Crippen LogP contribution in [0.3, 0.4) is 0 Å². The van der Waals surface area contributed by atoms with Crippen molar-refractivity contribution in [1.29, 1.82) is 0 Å². The standard InChI is InChI=1S/C19H18N4O5S/c1-25-16-10-12(6-7-13(16)28-18(24)15-5-3-9-27-15)11-20-23-17(21-22-19(23)29)14-4-2-8-26-14/h3,5-7,9-11,14H,2,4,8H2,1H3,(H,22,29)/b20-11-/t14-/m0/s1. The number of hydrogen-bond acceptors (Lipinski definition) is 8. The number of aromatic amines is 1. The average Bonchev–Trinajstić information content (AvgIpc) is 3.49. The molecule has 0 spiro atoms. The molecule has 150 valence electrons.